The Kier molecular flexibility index (Phi) is 5.95. The second-order valence-electron chi connectivity index (χ2n) is 6.02. The monoisotopic (exact) mass is 340 g/mol. The molecule has 7 nitrogen and oxygen atoms in total. The Balaban J connectivity index is 2.32. The van der Waals surface area contributed by atoms with E-state index in [1.807, 2.05) is 30.3 Å². The molecule has 7 heteroatoms. The predicted octanol–water partition coefficient (Wildman–Crippen LogP) is 0.620. The maximum Gasteiger partial charge on any atom is 0.303 e. The second kappa shape index (κ2) is 7.58. The van der Waals surface area contributed by atoms with Gasteiger partial charge in [0, 0.05) is 14.0 Å². The summed E-state index contributed by atoms with van der Waals surface area (Å²) in [5.41, 5.74) is -1.87. The highest BCUT2D eigenvalue weighted by molar-refractivity contribution is 5.66. The van der Waals surface area contributed by atoms with Crippen LogP contribution in [0.5, 0.6) is 0 Å². The van der Waals surface area contributed by atoms with E-state index < -0.39 is 42.8 Å². The van der Waals surface area contributed by atoms with Gasteiger partial charge in [0.15, 0.2) is 5.60 Å². The number of ether oxygens (including phenoxy) is 4. The summed E-state index contributed by atoms with van der Waals surface area (Å²) in [6, 6.07) is 9.40. The van der Waals surface area contributed by atoms with Crippen LogP contribution in [0.1, 0.15) is 19.4 Å². The molecule has 0 bridgehead atoms. The lowest BCUT2D eigenvalue weighted by Gasteiger charge is -2.36. The van der Waals surface area contributed by atoms with Crippen LogP contribution in [0, 0.1) is 0 Å². The van der Waals surface area contributed by atoms with Gasteiger partial charge in [0.2, 0.25) is 6.29 Å². The van der Waals surface area contributed by atoms with E-state index in [4.69, 9.17) is 18.9 Å². The van der Waals surface area contributed by atoms with Crippen molar-refractivity contribution in [2.75, 3.05) is 20.3 Å². The minimum Gasteiger partial charge on any atom is -0.451 e. The van der Waals surface area contributed by atoms with E-state index in [1.165, 1.54) is 14.0 Å². The summed E-state index contributed by atoms with van der Waals surface area (Å²) in [6.45, 7) is 2.04. The predicted molar refractivity (Wildman–Crippen MR) is 84.0 cm³/mol. The van der Waals surface area contributed by atoms with E-state index in [-0.39, 0.29) is 6.61 Å². The average molecular weight is 340 g/mol. The first-order valence-electron chi connectivity index (χ1n) is 7.69. The molecule has 3 atom stereocenters. The van der Waals surface area contributed by atoms with Crippen LogP contribution >= 0.6 is 0 Å². The number of methoxy groups -OCH3 is 1. The number of esters is 1. The molecule has 0 radical (unpaired) electrons. The van der Waals surface area contributed by atoms with Crippen molar-refractivity contribution in [3.8, 4) is 0 Å². The van der Waals surface area contributed by atoms with Crippen molar-refractivity contribution in [2.24, 2.45) is 0 Å². The summed E-state index contributed by atoms with van der Waals surface area (Å²) < 4.78 is 22.3. The summed E-state index contributed by atoms with van der Waals surface area (Å²) in [6.07, 6.45) is -1.91. The highest BCUT2D eigenvalue weighted by atomic mass is 16.7. The molecule has 134 valence electrons. The minimum absolute atomic E-state index is 0.198. The van der Waals surface area contributed by atoms with Crippen molar-refractivity contribution < 1.29 is 34.0 Å². The molecule has 0 aliphatic carbocycles. The van der Waals surface area contributed by atoms with E-state index in [1.54, 1.807) is 6.92 Å². The number of carbonyl (C=O) groups excluding carboxylic acids is 1. The Morgan fingerprint density at radius 3 is 2.38 bits per heavy atom. The Morgan fingerprint density at radius 1 is 1.25 bits per heavy atom. The van der Waals surface area contributed by atoms with E-state index in [2.05, 4.69) is 0 Å². The Hall–Kier alpha value is -1.51. The van der Waals surface area contributed by atoms with Gasteiger partial charge in [0.1, 0.15) is 11.7 Å². The lowest BCUT2D eigenvalue weighted by atomic mass is 9.88. The maximum absolute atomic E-state index is 11.6. The number of aliphatic hydroxyl groups excluding tert-OH is 2. The molecule has 0 amide bonds. The van der Waals surface area contributed by atoms with E-state index in [0.29, 0.717) is 0 Å². The molecular weight excluding hydrogens is 316 g/mol. The molecule has 1 saturated heterocycles. The standard InChI is InChI=1S/C17H24O7/c1-12(20)23-16(2)14(22-9-13-7-5-4-6-8-13)17(10-18,11-19)24-15(16)21-3/h4-8,14-15,18-19H,9-11H2,1-3H3/t14-,15-,16+/m0/s1. The molecule has 1 aliphatic heterocycles. The van der Waals surface area contributed by atoms with Crippen molar-refractivity contribution in [3.63, 3.8) is 0 Å². The summed E-state index contributed by atoms with van der Waals surface area (Å²) in [7, 11) is 1.39. The van der Waals surface area contributed by atoms with Crippen molar-refractivity contribution in [3.05, 3.63) is 35.9 Å². The first kappa shape index (κ1) is 18.8. The van der Waals surface area contributed by atoms with Crippen LogP contribution in [0.15, 0.2) is 30.3 Å². The summed E-state index contributed by atoms with van der Waals surface area (Å²) >= 11 is 0. The second-order valence-corrected chi connectivity index (χ2v) is 6.02. The normalized spacial score (nSPS) is 28.7. The third kappa shape index (κ3) is 3.45. The van der Waals surface area contributed by atoms with Gasteiger partial charge in [-0.05, 0) is 12.5 Å². The van der Waals surface area contributed by atoms with Crippen LogP contribution in [0.25, 0.3) is 0 Å². The fourth-order valence-electron chi connectivity index (χ4n) is 3.09. The summed E-state index contributed by atoms with van der Waals surface area (Å²) in [4.78, 5) is 11.6. The van der Waals surface area contributed by atoms with Crippen molar-refractivity contribution >= 4 is 5.97 Å². The van der Waals surface area contributed by atoms with Gasteiger partial charge in [-0.2, -0.15) is 0 Å². The molecular formula is C17H24O7. The van der Waals surface area contributed by atoms with Gasteiger partial charge in [-0.15, -0.1) is 0 Å². The largest absolute Gasteiger partial charge is 0.451 e. The van der Waals surface area contributed by atoms with Gasteiger partial charge in [0.05, 0.1) is 19.8 Å². The number of hydrogen-bond donors (Lipinski definition) is 2. The molecule has 0 aromatic heterocycles. The Bertz CT molecular complexity index is 543. The van der Waals surface area contributed by atoms with Gasteiger partial charge in [-0.1, -0.05) is 30.3 Å². The third-order valence-corrected chi connectivity index (χ3v) is 4.18. The van der Waals surface area contributed by atoms with Gasteiger partial charge in [0.25, 0.3) is 0 Å². The fourth-order valence-corrected chi connectivity index (χ4v) is 3.09. The smallest absolute Gasteiger partial charge is 0.303 e. The molecule has 1 aromatic rings. The van der Waals surface area contributed by atoms with E-state index >= 15 is 0 Å². The molecule has 1 heterocycles. The molecule has 0 unspecified atom stereocenters. The van der Waals surface area contributed by atoms with Crippen LogP contribution in [0.4, 0.5) is 0 Å². The maximum atomic E-state index is 11.6. The molecule has 2 N–H and O–H groups in total. The third-order valence-electron chi connectivity index (χ3n) is 4.18. The van der Waals surface area contributed by atoms with Crippen molar-refractivity contribution in [2.45, 2.75) is 44.1 Å². The lowest BCUT2D eigenvalue weighted by Crippen LogP contribution is -2.56. The van der Waals surface area contributed by atoms with Gasteiger partial charge in [-0.25, -0.2) is 0 Å². The van der Waals surface area contributed by atoms with Crippen LogP contribution in [0.3, 0.4) is 0 Å². The van der Waals surface area contributed by atoms with Crippen LogP contribution in [0.2, 0.25) is 0 Å². The highest BCUT2D eigenvalue weighted by Crippen LogP contribution is 2.43. The molecule has 1 fully saturated rings. The zero-order valence-electron chi connectivity index (χ0n) is 14.1. The molecule has 0 spiro atoms. The van der Waals surface area contributed by atoms with Crippen molar-refractivity contribution in [1.29, 1.82) is 0 Å². The van der Waals surface area contributed by atoms with Gasteiger partial charge < -0.3 is 29.2 Å². The molecule has 0 saturated carbocycles. The zero-order valence-corrected chi connectivity index (χ0v) is 14.1. The average Bonchev–Trinajstić information content (AvgIpc) is 2.81. The fraction of sp³-hybridized carbons (Fsp3) is 0.588. The van der Waals surface area contributed by atoms with Crippen LogP contribution in [-0.2, 0) is 30.3 Å². The Labute approximate surface area is 141 Å². The number of hydrogen-bond acceptors (Lipinski definition) is 7. The summed E-state index contributed by atoms with van der Waals surface area (Å²) in [5, 5.41) is 19.6. The number of aliphatic hydroxyl groups is 2. The molecule has 1 aliphatic rings. The zero-order chi connectivity index (χ0) is 17.8. The lowest BCUT2D eigenvalue weighted by molar-refractivity contribution is -0.221. The first-order chi connectivity index (χ1) is 11.4. The van der Waals surface area contributed by atoms with Crippen molar-refractivity contribution in [1.82, 2.24) is 0 Å². The quantitative estimate of drug-likeness (QED) is 0.703. The first-order valence-corrected chi connectivity index (χ1v) is 7.69. The van der Waals surface area contributed by atoms with Gasteiger partial charge in [-0.3, -0.25) is 4.79 Å². The number of benzene rings is 1. The number of carbonyl (C=O) groups is 1. The molecule has 2 rings (SSSR count). The minimum atomic E-state index is -1.44. The topological polar surface area (TPSA) is 94.5 Å². The van der Waals surface area contributed by atoms with Gasteiger partial charge >= 0.3 is 5.97 Å². The van der Waals surface area contributed by atoms with E-state index in [9.17, 15) is 15.0 Å². The molecule has 1 aromatic carbocycles. The van der Waals surface area contributed by atoms with E-state index in [0.717, 1.165) is 5.56 Å². The van der Waals surface area contributed by atoms with Crippen LogP contribution in [-0.4, -0.2) is 60.1 Å². The van der Waals surface area contributed by atoms with Crippen LogP contribution < -0.4 is 0 Å². The number of rotatable bonds is 7. The summed E-state index contributed by atoms with van der Waals surface area (Å²) in [5.74, 6) is -0.539. The Morgan fingerprint density at radius 2 is 1.88 bits per heavy atom. The molecule has 24 heavy (non-hydrogen) atoms. The SMILES string of the molecule is CO[C@H]1OC(CO)(CO)[C@@H](OCc2ccccc2)[C@@]1(C)OC(C)=O. The highest BCUT2D eigenvalue weighted by Gasteiger charge is 2.65.